The first kappa shape index (κ1) is 14.9. The van der Waals surface area contributed by atoms with E-state index < -0.39 is 27.6 Å². The lowest BCUT2D eigenvalue weighted by atomic mass is 10.2. The van der Waals surface area contributed by atoms with Crippen molar-refractivity contribution in [2.75, 3.05) is 5.32 Å². The van der Waals surface area contributed by atoms with E-state index in [1.807, 2.05) is 0 Å². The van der Waals surface area contributed by atoms with Gasteiger partial charge in [-0.05, 0) is 6.07 Å². The van der Waals surface area contributed by atoms with Crippen molar-refractivity contribution in [1.29, 1.82) is 0 Å². The topological polar surface area (TPSA) is 85.1 Å². The van der Waals surface area contributed by atoms with Crippen LogP contribution in [0.3, 0.4) is 0 Å². The number of nitro benzene ring substituents is 1. The quantitative estimate of drug-likeness (QED) is 0.695. The van der Waals surface area contributed by atoms with Gasteiger partial charge in [-0.2, -0.15) is 13.2 Å². The summed E-state index contributed by atoms with van der Waals surface area (Å²) in [6.45, 7) is 0. The molecule has 6 nitrogen and oxygen atoms in total. The second kappa shape index (κ2) is 5.48. The van der Waals surface area contributed by atoms with Crippen molar-refractivity contribution < 1.29 is 22.9 Å². The Bertz CT molecular complexity index is 699. The number of nitrogens with zero attached hydrogens (tertiary/aromatic N) is 2. The molecule has 0 atom stereocenters. The maximum atomic E-state index is 12.6. The monoisotopic (exact) mass is 317 g/mol. The molecule has 0 saturated carbocycles. The summed E-state index contributed by atoms with van der Waals surface area (Å²) >= 11 is 0.537. The summed E-state index contributed by atoms with van der Waals surface area (Å²) in [5.41, 5.74) is -0.634. The van der Waals surface area contributed by atoms with Gasteiger partial charge >= 0.3 is 6.18 Å². The highest BCUT2D eigenvalue weighted by Gasteiger charge is 2.38. The Morgan fingerprint density at radius 3 is 2.71 bits per heavy atom. The van der Waals surface area contributed by atoms with E-state index >= 15 is 0 Å². The zero-order valence-corrected chi connectivity index (χ0v) is 10.9. The minimum Gasteiger partial charge on any atom is -0.321 e. The molecule has 110 valence electrons. The van der Waals surface area contributed by atoms with E-state index in [-0.39, 0.29) is 11.4 Å². The van der Waals surface area contributed by atoms with Gasteiger partial charge in [-0.3, -0.25) is 14.9 Å². The number of alkyl halides is 3. The fourth-order valence-electron chi connectivity index (χ4n) is 1.49. The molecule has 2 rings (SSSR count). The SMILES string of the molecule is O=C(Nc1cccc([N+](=O)[O-])c1)c1scnc1C(F)(F)F. The van der Waals surface area contributed by atoms with Gasteiger partial charge in [0.15, 0.2) is 5.69 Å². The Kier molecular flexibility index (Phi) is 3.89. The normalized spacial score (nSPS) is 11.2. The third kappa shape index (κ3) is 3.34. The van der Waals surface area contributed by atoms with Crippen molar-refractivity contribution >= 4 is 28.6 Å². The number of carbonyl (C=O) groups excluding carboxylic acids is 1. The van der Waals surface area contributed by atoms with Crippen LogP contribution in [0.15, 0.2) is 29.8 Å². The Balaban J connectivity index is 2.25. The molecule has 0 radical (unpaired) electrons. The van der Waals surface area contributed by atoms with Crippen LogP contribution in [0.25, 0.3) is 0 Å². The number of nitro groups is 1. The molecule has 0 fully saturated rings. The van der Waals surface area contributed by atoms with Crippen LogP contribution < -0.4 is 5.32 Å². The van der Waals surface area contributed by atoms with Crippen LogP contribution in [0, 0.1) is 10.1 Å². The maximum Gasteiger partial charge on any atom is 0.434 e. The number of hydrogen-bond acceptors (Lipinski definition) is 5. The van der Waals surface area contributed by atoms with Gasteiger partial charge in [0, 0.05) is 17.8 Å². The van der Waals surface area contributed by atoms with Gasteiger partial charge in [-0.15, -0.1) is 11.3 Å². The lowest BCUT2D eigenvalue weighted by Gasteiger charge is -2.07. The smallest absolute Gasteiger partial charge is 0.321 e. The molecule has 2 aromatic rings. The number of anilines is 1. The van der Waals surface area contributed by atoms with Gasteiger partial charge < -0.3 is 5.32 Å². The number of nitrogens with one attached hydrogen (secondary N) is 1. The molecule has 0 aliphatic carbocycles. The molecular formula is C11H6F3N3O3S. The molecule has 0 spiro atoms. The summed E-state index contributed by atoms with van der Waals surface area (Å²) in [6, 6.07) is 4.89. The predicted octanol–water partition coefficient (Wildman–Crippen LogP) is 3.32. The minimum absolute atomic E-state index is 0.0238. The number of halogens is 3. The first-order valence-electron chi connectivity index (χ1n) is 5.35. The van der Waals surface area contributed by atoms with Crippen molar-refractivity contribution in [2.45, 2.75) is 6.18 Å². The van der Waals surface area contributed by atoms with Gasteiger partial charge in [0.2, 0.25) is 0 Å². The Morgan fingerprint density at radius 1 is 1.38 bits per heavy atom. The zero-order chi connectivity index (χ0) is 15.6. The Hall–Kier alpha value is -2.49. The number of benzene rings is 1. The Morgan fingerprint density at radius 2 is 2.10 bits per heavy atom. The van der Waals surface area contributed by atoms with Crippen molar-refractivity contribution in [3.8, 4) is 0 Å². The summed E-state index contributed by atoms with van der Waals surface area (Å²) in [5.74, 6) is -1.02. The fraction of sp³-hybridized carbons (Fsp3) is 0.0909. The van der Waals surface area contributed by atoms with Gasteiger partial charge in [0.25, 0.3) is 11.6 Å². The van der Waals surface area contributed by atoms with Crippen LogP contribution in [0.2, 0.25) is 0 Å². The van der Waals surface area contributed by atoms with Crippen LogP contribution >= 0.6 is 11.3 Å². The molecule has 0 saturated heterocycles. The number of non-ortho nitro benzene ring substituents is 1. The first-order valence-corrected chi connectivity index (χ1v) is 6.23. The minimum atomic E-state index is -4.74. The molecule has 1 aromatic carbocycles. The van der Waals surface area contributed by atoms with E-state index in [4.69, 9.17) is 0 Å². The van der Waals surface area contributed by atoms with Crippen LogP contribution in [0.1, 0.15) is 15.4 Å². The van der Waals surface area contributed by atoms with Crippen LogP contribution in [-0.2, 0) is 6.18 Å². The molecule has 1 amide bonds. The van der Waals surface area contributed by atoms with E-state index in [1.54, 1.807) is 0 Å². The van der Waals surface area contributed by atoms with E-state index in [9.17, 15) is 28.1 Å². The fourth-order valence-corrected chi connectivity index (χ4v) is 2.20. The first-order chi connectivity index (χ1) is 9.79. The summed E-state index contributed by atoms with van der Waals surface area (Å²) in [7, 11) is 0. The van der Waals surface area contributed by atoms with Crippen LogP contribution in [0.5, 0.6) is 0 Å². The zero-order valence-electron chi connectivity index (χ0n) is 10.0. The van der Waals surface area contributed by atoms with E-state index in [0.717, 1.165) is 11.6 Å². The summed E-state index contributed by atoms with van der Waals surface area (Å²) in [4.78, 5) is 24.2. The number of amides is 1. The molecule has 0 bridgehead atoms. The number of hydrogen-bond donors (Lipinski definition) is 1. The molecule has 0 unspecified atom stereocenters. The van der Waals surface area contributed by atoms with Gasteiger partial charge in [-0.25, -0.2) is 4.98 Å². The molecule has 10 heteroatoms. The molecule has 21 heavy (non-hydrogen) atoms. The number of rotatable bonds is 3. The molecular weight excluding hydrogens is 311 g/mol. The van der Waals surface area contributed by atoms with Crippen molar-refractivity contribution in [2.24, 2.45) is 0 Å². The highest BCUT2D eigenvalue weighted by atomic mass is 32.1. The average Bonchev–Trinajstić information content (AvgIpc) is 2.88. The van der Waals surface area contributed by atoms with Crippen LogP contribution in [0.4, 0.5) is 24.5 Å². The highest BCUT2D eigenvalue weighted by molar-refractivity contribution is 7.12. The second-order valence-corrected chi connectivity index (χ2v) is 4.64. The van der Waals surface area contributed by atoms with E-state index in [2.05, 4.69) is 10.3 Å². The van der Waals surface area contributed by atoms with Gasteiger partial charge in [0.1, 0.15) is 4.88 Å². The molecule has 1 heterocycles. The van der Waals surface area contributed by atoms with E-state index in [0.29, 0.717) is 11.3 Å². The molecule has 1 aromatic heterocycles. The largest absolute Gasteiger partial charge is 0.434 e. The summed E-state index contributed by atoms with van der Waals surface area (Å²) in [6.07, 6.45) is -4.74. The molecule has 0 aliphatic heterocycles. The van der Waals surface area contributed by atoms with E-state index in [1.165, 1.54) is 18.2 Å². The summed E-state index contributed by atoms with van der Waals surface area (Å²) < 4.78 is 37.9. The number of carbonyl (C=O) groups is 1. The lowest BCUT2D eigenvalue weighted by Crippen LogP contribution is -2.17. The van der Waals surface area contributed by atoms with Gasteiger partial charge in [-0.1, -0.05) is 6.07 Å². The maximum absolute atomic E-state index is 12.6. The predicted molar refractivity (Wildman–Crippen MR) is 68.2 cm³/mol. The second-order valence-electron chi connectivity index (χ2n) is 3.79. The molecule has 0 aliphatic rings. The van der Waals surface area contributed by atoms with Crippen LogP contribution in [-0.4, -0.2) is 15.8 Å². The lowest BCUT2D eigenvalue weighted by molar-refractivity contribution is -0.384. The van der Waals surface area contributed by atoms with Crippen molar-refractivity contribution in [3.63, 3.8) is 0 Å². The number of thiazole rings is 1. The van der Waals surface area contributed by atoms with Crippen molar-refractivity contribution in [3.05, 3.63) is 50.5 Å². The van der Waals surface area contributed by atoms with Gasteiger partial charge in [0.05, 0.1) is 10.4 Å². The third-order valence-electron chi connectivity index (χ3n) is 2.36. The standard InChI is InChI=1S/C11H6F3N3O3S/c12-11(13,14)9-8(21-5-15-9)10(18)16-6-2-1-3-7(4-6)17(19)20/h1-5H,(H,16,18). The molecule has 1 N–H and O–H groups in total. The van der Waals surface area contributed by atoms with Crippen molar-refractivity contribution in [1.82, 2.24) is 4.98 Å². The number of aromatic nitrogens is 1. The Labute approximate surface area is 119 Å². The third-order valence-corrected chi connectivity index (χ3v) is 3.18. The summed E-state index contributed by atoms with van der Waals surface area (Å²) in [5, 5.41) is 12.8. The average molecular weight is 317 g/mol. The highest BCUT2D eigenvalue weighted by Crippen LogP contribution is 2.33.